The van der Waals surface area contributed by atoms with Gasteiger partial charge in [0.1, 0.15) is 0 Å². The topological polar surface area (TPSA) is 61.4 Å². The highest BCUT2D eigenvalue weighted by Crippen LogP contribution is 2.27. The molecule has 2 atom stereocenters. The number of urea groups is 1. The lowest BCUT2D eigenvalue weighted by molar-refractivity contribution is -0.120. The van der Waals surface area contributed by atoms with E-state index in [1.54, 1.807) is 0 Å². The third kappa shape index (κ3) is 4.23. The van der Waals surface area contributed by atoms with Gasteiger partial charge in [0.2, 0.25) is 5.91 Å². The summed E-state index contributed by atoms with van der Waals surface area (Å²) in [4.78, 5) is 25.4. The fourth-order valence-corrected chi connectivity index (χ4v) is 3.00. The first-order valence-corrected chi connectivity index (χ1v) is 7.97. The second kappa shape index (κ2) is 7.82. The predicted molar refractivity (Wildman–Crippen MR) is 86.5 cm³/mol. The first-order chi connectivity index (χ1) is 10.6. The molecule has 1 heterocycles. The fraction of sp³-hybridized carbons (Fsp3) is 0.529. The minimum absolute atomic E-state index is 0.0409. The second-order valence-corrected chi connectivity index (χ2v) is 5.78. The van der Waals surface area contributed by atoms with E-state index >= 15 is 0 Å². The SMILES string of the molecule is CCNC(=O)CNC(=O)N1CCC(Cc2ccccc2)C1C. The molecule has 5 heteroatoms. The average Bonchev–Trinajstić information content (AvgIpc) is 2.87. The highest BCUT2D eigenvalue weighted by Gasteiger charge is 2.33. The van der Waals surface area contributed by atoms with Crippen LogP contribution in [0.5, 0.6) is 0 Å². The second-order valence-electron chi connectivity index (χ2n) is 5.78. The van der Waals surface area contributed by atoms with Crippen molar-refractivity contribution in [2.45, 2.75) is 32.7 Å². The molecule has 1 fully saturated rings. The number of nitrogens with one attached hydrogen (secondary N) is 2. The third-order valence-corrected chi connectivity index (χ3v) is 4.29. The molecule has 1 aromatic rings. The summed E-state index contributed by atoms with van der Waals surface area (Å²) in [6.45, 7) is 5.32. The number of nitrogens with zero attached hydrogens (tertiary/aromatic N) is 1. The van der Waals surface area contributed by atoms with E-state index in [1.165, 1.54) is 5.56 Å². The van der Waals surface area contributed by atoms with E-state index in [1.807, 2.05) is 30.0 Å². The molecule has 0 radical (unpaired) electrons. The molecule has 1 aromatic carbocycles. The summed E-state index contributed by atoms with van der Waals surface area (Å²) in [6, 6.07) is 10.4. The predicted octanol–water partition coefficient (Wildman–Crippen LogP) is 1.79. The van der Waals surface area contributed by atoms with Crippen LogP contribution in [0.3, 0.4) is 0 Å². The fourth-order valence-electron chi connectivity index (χ4n) is 3.00. The molecule has 0 aliphatic carbocycles. The maximum Gasteiger partial charge on any atom is 0.318 e. The van der Waals surface area contributed by atoms with E-state index in [4.69, 9.17) is 0 Å². The maximum absolute atomic E-state index is 12.2. The summed E-state index contributed by atoms with van der Waals surface area (Å²) in [5, 5.41) is 5.37. The van der Waals surface area contributed by atoms with Crippen molar-refractivity contribution < 1.29 is 9.59 Å². The number of rotatable bonds is 5. The molecule has 1 aliphatic rings. The first kappa shape index (κ1) is 16.3. The third-order valence-electron chi connectivity index (χ3n) is 4.29. The molecule has 1 aliphatic heterocycles. The van der Waals surface area contributed by atoms with E-state index in [-0.39, 0.29) is 24.5 Å². The molecule has 0 bridgehead atoms. The van der Waals surface area contributed by atoms with Gasteiger partial charge in [0.25, 0.3) is 0 Å². The zero-order valence-electron chi connectivity index (χ0n) is 13.3. The van der Waals surface area contributed by atoms with Gasteiger partial charge in [-0.2, -0.15) is 0 Å². The quantitative estimate of drug-likeness (QED) is 0.871. The Balaban J connectivity index is 1.84. The standard InChI is InChI=1S/C17H25N3O2/c1-3-18-16(21)12-19-17(22)20-10-9-15(13(20)2)11-14-7-5-4-6-8-14/h4-8,13,15H,3,9-12H2,1-2H3,(H,18,21)(H,19,22). The van der Waals surface area contributed by atoms with Crippen LogP contribution in [0, 0.1) is 5.92 Å². The molecule has 120 valence electrons. The van der Waals surface area contributed by atoms with E-state index < -0.39 is 0 Å². The minimum atomic E-state index is -0.150. The molecule has 1 saturated heterocycles. The number of likely N-dealkylation sites (N-methyl/N-ethyl adjacent to an activating group) is 1. The van der Waals surface area contributed by atoms with Gasteiger partial charge in [0, 0.05) is 19.1 Å². The number of amides is 3. The Morgan fingerprint density at radius 3 is 2.64 bits per heavy atom. The van der Waals surface area contributed by atoms with Gasteiger partial charge in [-0.1, -0.05) is 30.3 Å². The Morgan fingerprint density at radius 1 is 1.23 bits per heavy atom. The summed E-state index contributed by atoms with van der Waals surface area (Å²) < 4.78 is 0. The lowest BCUT2D eigenvalue weighted by Gasteiger charge is -2.25. The largest absolute Gasteiger partial charge is 0.355 e. The van der Waals surface area contributed by atoms with Crippen LogP contribution in [0.2, 0.25) is 0 Å². The summed E-state index contributed by atoms with van der Waals surface area (Å²) in [6.07, 6.45) is 1.99. The number of benzene rings is 1. The molecule has 2 rings (SSSR count). The van der Waals surface area contributed by atoms with Crippen molar-refractivity contribution in [2.24, 2.45) is 5.92 Å². The number of carbonyl (C=O) groups is 2. The highest BCUT2D eigenvalue weighted by molar-refractivity contribution is 5.84. The van der Waals surface area contributed by atoms with Crippen LogP contribution in [0.15, 0.2) is 30.3 Å². The van der Waals surface area contributed by atoms with Gasteiger partial charge < -0.3 is 15.5 Å². The van der Waals surface area contributed by atoms with Crippen LogP contribution in [0.25, 0.3) is 0 Å². The van der Waals surface area contributed by atoms with E-state index in [0.717, 1.165) is 19.4 Å². The number of hydrogen-bond acceptors (Lipinski definition) is 2. The van der Waals surface area contributed by atoms with Gasteiger partial charge in [0.05, 0.1) is 6.54 Å². The number of hydrogen-bond donors (Lipinski definition) is 2. The van der Waals surface area contributed by atoms with Gasteiger partial charge in [0.15, 0.2) is 0 Å². The maximum atomic E-state index is 12.2. The molecule has 2 N–H and O–H groups in total. The van der Waals surface area contributed by atoms with Gasteiger partial charge in [-0.25, -0.2) is 4.79 Å². The van der Waals surface area contributed by atoms with Crippen molar-refractivity contribution in [1.82, 2.24) is 15.5 Å². The van der Waals surface area contributed by atoms with Crippen LogP contribution in [0.1, 0.15) is 25.8 Å². The number of carbonyl (C=O) groups excluding carboxylic acids is 2. The van der Waals surface area contributed by atoms with Crippen LogP contribution in [-0.2, 0) is 11.2 Å². The van der Waals surface area contributed by atoms with Gasteiger partial charge in [-0.05, 0) is 38.2 Å². The Bertz CT molecular complexity index is 504. The van der Waals surface area contributed by atoms with Crippen molar-refractivity contribution in [3.8, 4) is 0 Å². The molecule has 3 amide bonds. The smallest absolute Gasteiger partial charge is 0.318 e. The van der Waals surface area contributed by atoms with Crippen LogP contribution < -0.4 is 10.6 Å². The molecule has 5 nitrogen and oxygen atoms in total. The molecule has 22 heavy (non-hydrogen) atoms. The minimum Gasteiger partial charge on any atom is -0.355 e. The Morgan fingerprint density at radius 2 is 1.95 bits per heavy atom. The summed E-state index contributed by atoms with van der Waals surface area (Å²) in [7, 11) is 0. The number of likely N-dealkylation sites (tertiary alicyclic amines) is 1. The Hall–Kier alpha value is -2.04. The normalized spacial score (nSPS) is 20.7. The van der Waals surface area contributed by atoms with E-state index in [2.05, 4.69) is 29.7 Å². The van der Waals surface area contributed by atoms with Crippen molar-refractivity contribution in [2.75, 3.05) is 19.6 Å². The Labute approximate surface area is 132 Å². The van der Waals surface area contributed by atoms with Crippen LogP contribution >= 0.6 is 0 Å². The lowest BCUT2D eigenvalue weighted by atomic mass is 9.93. The summed E-state index contributed by atoms with van der Waals surface area (Å²) in [5.74, 6) is 0.321. The molecule has 0 spiro atoms. The zero-order valence-corrected chi connectivity index (χ0v) is 13.3. The summed E-state index contributed by atoms with van der Waals surface area (Å²) >= 11 is 0. The van der Waals surface area contributed by atoms with Gasteiger partial charge >= 0.3 is 6.03 Å². The molecule has 0 saturated carbocycles. The monoisotopic (exact) mass is 303 g/mol. The van der Waals surface area contributed by atoms with E-state index in [0.29, 0.717) is 12.5 Å². The van der Waals surface area contributed by atoms with Gasteiger partial charge in [-0.3, -0.25) is 4.79 Å². The summed E-state index contributed by atoms with van der Waals surface area (Å²) in [5.41, 5.74) is 1.31. The van der Waals surface area contributed by atoms with Crippen molar-refractivity contribution >= 4 is 11.9 Å². The lowest BCUT2D eigenvalue weighted by Crippen LogP contribution is -2.46. The van der Waals surface area contributed by atoms with E-state index in [9.17, 15) is 9.59 Å². The first-order valence-electron chi connectivity index (χ1n) is 7.97. The van der Waals surface area contributed by atoms with Crippen molar-refractivity contribution in [1.29, 1.82) is 0 Å². The van der Waals surface area contributed by atoms with Crippen molar-refractivity contribution in [3.63, 3.8) is 0 Å². The molecular weight excluding hydrogens is 278 g/mol. The Kier molecular flexibility index (Phi) is 5.81. The molecular formula is C17H25N3O2. The van der Waals surface area contributed by atoms with Gasteiger partial charge in [-0.15, -0.1) is 0 Å². The van der Waals surface area contributed by atoms with Crippen LogP contribution in [0.4, 0.5) is 4.79 Å². The zero-order chi connectivity index (χ0) is 15.9. The highest BCUT2D eigenvalue weighted by atomic mass is 16.2. The molecule has 2 unspecified atom stereocenters. The van der Waals surface area contributed by atoms with Crippen molar-refractivity contribution in [3.05, 3.63) is 35.9 Å². The average molecular weight is 303 g/mol. The molecule has 0 aromatic heterocycles. The van der Waals surface area contributed by atoms with Crippen LogP contribution in [-0.4, -0.2) is 42.5 Å².